The number of halogens is 5. The summed E-state index contributed by atoms with van der Waals surface area (Å²) in [5, 5.41) is 0. The predicted octanol–water partition coefficient (Wildman–Crippen LogP) is 4.81. The lowest BCUT2D eigenvalue weighted by Gasteiger charge is -2.19. The van der Waals surface area contributed by atoms with Crippen LogP contribution in [0.25, 0.3) is 34.1 Å². The number of nitrogens with zero attached hydrogens (tertiary/aromatic N) is 6. The van der Waals surface area contributed by atoms with E-state index in [-0.39, 0.29) is 33.3 Å². The fraction of sp³-hybridized carbons (Fsp3) is 0.348. The van der Waals surface area contributed by atoms with E-state index >= 15 is 0 Å². The van der Waals surface area contributed by atoms with Crippen LogP contribution in [0.2, 0.25) is 0 Å². The molecule has 14 heteroatoms. The fourth-order valence-electron chi connectivity index (χ4n) is 3.87. The van der Waals surface area contributed by atoms with E-state index in [1.54, 1.807) is 12.3 Å². The Labute approximate surface area is 207 Å². The molecular formula is C23H19F5N6O2S. The van der Waals surface area contributed by atoms with E-state index in [2.05, 4.69) is 24.9 Å². The van der Waals surface area contributed by atoms with E-state index in [9.17, 15) is 30.4 Å². The lowest BCUT2D eigenvalue weighted by atomic mass is 10.1. The van der Waals surface area contributed by atoms with Crippen LogP contribution in [0.5, 0.6) is 0 Å². The van der Waals surface area contributed by atoms with Crippen molar-refractivity contribution in [2.45, 2.75) is 42.7 Å². The van der Waals surface area contributed by atoms with Gasteiger partial charge >= 0.3 is 12.1 Å². The highest BCUT2D eigenvalue weighted by molar-refractivity contribution is 7.91. The van der Waals surface area contributed by atoms with Crippen LogP contribution in [0, 0.1) is 0 Å². The highest BCUT2D eigenvalue weighted by Crippen LogP contribution is 2.44. The molecule has 0 aliphatic heterocycles. The van der Waals surface area contributed by atoms with Gasteiger partial charge in [-0.15, -0.1) is 0 Å². The minimum absolute atomic E-state index is 0.0251. The van der Waals surface area contributed by atoms with Gasteiger partial charge in [-0.1, -0.05) is 6.92 Å². The molecule has 1 aliphatic carbocycles. The van der Waals surface area contributed by atoms with Crippen molar-refractivity contribution in [1.82, 2.24) is 29.5 Å². The third-order valence-electron chi connectivity index (χ3n) is 6.14. The Morgan fingerprint density at radius 3 is 2.41 bits per heavy atom. The smallest absolute Gasteiger partial charge is 0.310 e. The van der Waals surface area contributed by atoms with Crippen LogP contribution in [-0.4, -0.2) is 49.8 Å². The van der Waals surface area contributed by atoms with E-state index in [0.717, 1.165) is 18.5 Å². The largest absolute Gasteiger partial charge is 0.458 e. The monoisotopic (exact) mass is 538 g/mol. The number of sulfone groups is 1. The van der Waals surface area contributed by atoms with Crippen molar-refractivity contribution in [1.29, 1.82) is 0 Å². The van der Waals surface area contributed by atoms with Gasteiger partial charge in [-0.2, -0.15) is 22.0 Å². The summed E-state index contributed by atoms with van der Waals surface area (Å²) in [6.45, 7) is 1.44. The Morgan fingerprint density at radius 2 is 1.76 bits per heavy atom. The number of rotatable bonds is 6. The minimum atomic E-state index is -5.82. The van der Waals surface area contributed by atoms with Gasteiger partial charge in [0.25, 0.3) is 0 Å². The molecule has 194 valence electrons. The fourth-order valence-corrected chi connectivity index (χ4v) is 4.92. The van der Waals surface area contributed by atoms with Crippen molar-refractivity contribution in [3.63, 3.8) is 0 Å². The minimum Gasteiger partial charge on any atom is -0.310 e. The van der Waals surface area contributed by atoms with Crippen LogP contribution in [0.4, 0.5) is 22.0 Å². The van der Waals surface area contributed by atoms with Crippen molar-refractivity contribution < 1.29 is 30.4 Å². The van der Waals surface area contributed by atoms with Gasteiger partial charge in [-0.05, 0) is 31.0 Å². The van der Waals surface area contributed by atoms with E-state index in [4.69, 9.17) is 0 Å². The molecule has 0 aromatic carbocycles. The molecule has 0 saturated heterocycles. The van der Waals surface area contributed by atoms with E-state index in [1.807, 2.05) is 0 Å². The average Bonchev–Trinajstić information content (AvgIpc) is 3.67. The number of aryl methyl sites for hydroxylation is 1. The molecule has 0 radical (unpaired) electrons. The highest BCUT2D eigenvalue weighted by Gasteiger charge is 2.59. The van der Waals surface area contributed by atoms with Crippen LogP contribution < -0.4 is 0 Å². The third-order valence-corrected chi connectivity index (χ3v) is 7.88. The maximum atomic E-state index is 13.9. The summed E-state index contributed by atoms with van der Waals surface area (Å²) in [5.74, 6) is -4.85. The first-order chi connectivity index (χ1) is 17.3. The molecule has 4 heterocycles. The second-order valence-corrected chi connectivity index (χ2v) is 10.9. The Kier molecular flexibility index (Phi) is 5.77. The Morgan fingerprint density at radius 1 is 1.03 bits per heavy atom. The van der Waals surface area contributed by atoms with Crippen molar-refractivity contribution in [3.8, 4) is 22.9 Å². The summed E-state index contributed by atoms with van der Waals surface area (Å²) in [4.78, 5) is 20.7. The van der Waals surface area contributed by atoms with Crippen LogP contribution in [-0.2, 0) is 22.8 Å². The van der Waals surface area contributed by atoms with Crippen molar-refractivity contribution in [2.75, 3.05) is 5.75 Å². The molecule has 0 spiro atoms. The summed E-state index contributed by atoms with van der Waals surface area (Å²) in [6.07, 6.45) is -0.416. The van der Waals surface area contributed by atoms with Crippen molar-refractivity contribution in [2.24, 2.45) is 7.05 Å². The first-order valence-corrected chi connectivity index (χ1v) is 12.8. The standard InChI is InChI=1S/C23H19F5N6O2S/c1-3-37(35,36)17-8-13(19-29-7-6-15(32-19)12-4-5-12)10-30-18(17)21-33-16-9-14(11-31-20(16)34(21)2)22(24,25)23(26,27)28/h6-12H,3-5H2,1-2H3. The predicted molar refractivity (Wildman–Crippen MR) is 122 cm³/mol. The average molecular weight is 539 g/mol. The van der Waals surface area contributed by atoms with Crippen LogP contribution in [0.3, 0.4) is 0 Å². The van der Waals surface area contributed by atoms with Gasteiger partial charge in [0.2, 0.25) is 0 Å². The van der Waals surface area contributed by atoms with Crippen molar-refractivity contribution >= 4 is 21.0 Å². The number of hydrogen-bond acceptors (Lipinski definition) is 7. The van der Waals surface area contributed by atoms with Gasteiger partial charge in [0, 0.05) is 42.8 Å². The molecule has 8 nitrogen and oxygen atoms in total. The lowest BCUT2D eigenvalue weighted by Crippen LogP contribution is -2.33. The second kappa shape index (κ2) is 8.50. The molecule has 0 amide bonds. The Bertz CT molecular complexity index is 1630. The molecule has 5 rings (SSSR count). The maximum absolute atomic E-state index is 13.9. The summed E-state index contributed by atoms with van der Waals surface area (Å²) >= 11 is 0. The Balaban J connectivity index is 1.66. The van der Waals surface area contributed by atoms with E-state index in [0.29, 0.717) is 29.6 Å². The summed E-state index contributed by atoms with van der Waals surface area (Å²) in [6, 6.07) is 3.75. The van der Waals surface area contributed by atoms with Gasteiger partial charge in [-0.3, -0.25) is 4.98 Å². The molecule has 1 fully saturated rings. The van der Waals surface area contributed by atoms with Gasteiger partial charge in [0.1, 0.15) is 11.2 Å². The first-order valence-electron chi connectivity index (χ1n) is 11.2. The molecule has 1 saturated carbocycles. The number of aromatic nitrogens is 6. The molecular weight excluding hydrogens is 519 g/mol. The van der Waals surface area contributed by atoms with Crippen LogP contribution >= 0.6 is 0 Å². The van der Waals surface area contributed by atoms with Crippen molar-refractivity contribution in [3.05, 3.63) is 48.0 Å². The first kappa shape index (κ1) is 25.1. The quantitative estimate of drug-likeness (QED) is 0.325. The number of hydrogen-bond donors (Lipinski definition) is 0. The molecule has 0 bridgehead atoms. The molecule has 4 aromatic rings. The zero-order valence-electron chi connectivity index (χ0n) is 19.5. The molecule has 0 unspecified atom stereocenters. The Hall–Kier alpha value is -3.55. The lowest BCUT2D eigenvalue weighted by molar-refractivity contribution is -0.289. The van der Waals surface area contributed by atoms with E-state index < -0.39 is 27.5 Å². The molecule has 0 N–H and O–H groups in total. The van der Waals surface area contributed by atoms with Gasteiger partial charge < -0.3 is 4.57 Å². The zero-order valence-corrected chi connectivity index (χ0v) is 20.3. The maximum Gasteiger partial charge on any atom is 0.458 e. The van der Waals surface area contributed by atoms with Gasteiger partial charge in [-0.25, -0.2) is 28.4 Å². The van der Waals surface area contributed by atoms with Gasteiger partial charge in [0.15, 0.2) is 27.1 Å². The summed E-state index contributed by atoms with van der Waals surface area (Å²) in [7, 11) is -2.46. The molecule has 0 atom stereocenters. The third kappa shape index (κ3) is 4.32. The van der Waals surface area contributed by atoms with Gasteiger partial charge in [0.05, 0.1) is 16.2 Å². The topological polar surface area (TPSA) is 104 Å². The SMILES string of the molecule is CCS(=O)(=O)c1cc(-c2nccc(C3CC3)n2)cnc1-c1nc2cc(C(F)(F)C(F)(F)F)cnc2n1C. The van der Waals surface area contributed by atoms with E-state index in [1.165, 1.54) is 30.8 Å². The summed E-state index contributed by atoms with van der Waals surface area (Å²) in [5.41, 5.74) is -0.583. The molecule has 4 aromatic heterocycles. The normalized spacial score (nSPS) is 14.9. The highest BCUT2D eigenvalue weighted by atomic mass is 32.2. The number of alkyl halides is 5. The molecule has 37 heavy (non-hydrogen) atoms. The number of imidazole rings is 1. The number of pyridine rings is 2. The molecule has 1 aliphatic rings. The second-order valence-electron chi connectivity index (χ2n) is 8.69. The van der Waals surface area contributed by atoms with Crippen LogP contribution in [0.15, 0.2) is 41.7 Å². The van der Waals surface area contributed by atoms with Crippen LogP contribution in [0.1, 0.15) is 36.9 Å². The zero-order chi connectivity index (χ0) is 26.8. The number of fused-ring (bicyclic) bond motifs is 1. The summed E-state index contributed by atoms with van der Waals surface area (Å²) < 4.78 is 93.6.